The Balaban J connectivity index is 1.77. The van der Waals surface area contributed by atoms with Crippen LogP contribution in [0.15, 0.2) is 64.2 Å². The standard InChI is InChI=1S/C21H23BrN4OS/c1-4-25-20(16-10-12-17(22)13-11-16)23-24-21(25)28-14-19(27)26(15(2)3)18-8-6-5-7-9-18/h5-13,15H,4,14H2,1-3H3. The van der Waals surface area contributed by atoms with Gasteiger partial charge >= 0.3 is 0 Å². The van der Waals surface area contributed by atoms with Gasteiger partial charge in [0.05, 0.1) is 5.75 Å². The third kappa shape index (κ3) is 4.64. The molecule has 1 amide bonds. The summed E-state index contributed by atoms with van der Waals surface area (Å²) in [7, 11) is 0. The second-order valence-electron chi connectivity index (χ2n) is 6.54. The lowest BCUT2D eigenvalue weighted by Crippen LogP contribution is -2.38. The number of thioether (sulfide) groups is 1. The van der Waals surface area contributed by atoms with Crippen LogP contribution in [-0.4, -0.2) is 32.5 Å². The second kappa shape index (κ2) is 9.39. The van der Waals surface area contributed by atoms with Gasteiger partial charge in [-0.05, 0) is 45.0 Å². The van der Waals surface area contributed by atoms with Gasteiger partial charge in [-0.25, -0.2) is 0 Å². The molecule has 3 aromatic rings. The average molecular weight is 459 g/mol. The van der Waals surface area contributed by atoms with Crippen LogP contribution in [0.5, 0.6) is 0 Å². The third-order valence-corrected chi connectivity index (χ3v) is 5.76. The molecule has 0 aliphatic carbocycles. The highest BCUT2D eigenvalue weighted by Crippen LogP contribution is 2.26. The molecule has 5 nitrogen and oxygen atoms in total. The van der Waals surface area contributed by atoms with Crippen molar-refractivity contribution >= 4 is 39.3 Å². The summed E-state index contributed by atoms with van der Waals surface area (Å²) >= 11 is 4.88. The van der Waals surface area contributed by atoms with Gasteiger partial charge < -0.3 is 9.47 Å². The Morgan fingerprint density at radius 3 is 2.39 bits per heavy atom. The summed E-state index contributed by atoms with van der Waals surface area (Å²) in [5.74, 6) is 1.18. The minimum Gasteiger partial charge on any atom is -0.309 e. The Kier molecular flexibility index (Phi) is 6.91. The SMILES string of the molecule is CCn1c(SCC(=O)N(c2ccccc2)C(C)C)nnc1-c1ccc(Br)cc1. The molecular weight excluding hydrogens is 436 g/mol. The first-order valence-electron chi connectivity index (χ1n) is 9.20. The van der Waals surface area contributed by atoms with Gasteiger partial charge in [0.15, 0.2) is 11.0 Å². The Morgan fingerprint density at radius 2 is 1.79 bits per heavy atom. The van der Waals surface area contributed by atoms with E-state index in [4.69, 9.17) is 0 Å². The number of hydrogen-bond donors (Lipinski definition) is 0. The number of carbonyl (C=O) groups is 1. The third-order valence-electron chi connectivity index (χ3n) is 4.28. The van der Waals surface area contributed by atoms with Gasteiger partial charge in [-0.1, -0.05) is 58.0 Å². The van der Waals surface area contributed by atoms with E-state index in [9.17, 15) is 4.79 Å². The van der Waals surface area contributed by atoms with Crippen LogP contribution < -0.4 is 4.90 Å². The van der Waals surface area contributed by atoms with Crippen molar-refractivity contribution < 1.29 is 4.79 Å². The quantitative estimate of drug-likeness (QED) is 0.453. The van der Waals surface area contributed by atoms with Crippen LogP contribution in [-0.2, 0) is 11.3 Å². The van der Waals surface area contributed by atoms with Crippen molar-refractivity contribution in [2.75, 3.05) is 10.7 Å². The molecule has 3 rings (SSSR count). The van der Waals surface area contributed by atoms with Crippen molar-refractivity contribution in [2.24, 2.45) is 0 Å². The zero-order valence-electron chi connectivity index (χ0n) is 16.2. The average Bonchev–Trinajstić information content (AvgIpc) is 3.10. The van der Waals surface area contributed by atoms with Crippen LogP contribution in [0.25, 0.3) is 11.4 Å². The highest BCUT2D eigenvalue weighted by molar-refractivity contribution is 9.10. The minimum atomic E-state index is 0.0574. The molecule has 0 fully saturated rings. The lowest BCUT2D eigenvalue weighted by molar-refractivity contribution is -0.116. The van der Waals surface area contributed by atoms with Crippen molar-refractivity contribution in [1.29, 1.82) is 0 Å². The molecule has 1 heterocycles. The zero-order chi connectivity index (χ0) is 20.1. The van der Waals surface area contributed by atoms with E-state index < -0.39 is 0 Å². The Hall–Kier alpha value is -2.12. The number of carbonyl (C=O) groups excluding carboxylic acids is 1. The maximum absolute atomic E-state index is 12.9. The van der Waals surface area contributed by atoms with Crippen molar-refractivity contribution in [1.82, 2.24) is 14.8 Å². The summed E-state index contributed by atoms with van der Waals surface area (Å²) in [6, 6.07) is 17.8. The van der Waals surface area contributed by atoms with Crippen molar-refractivity contribution in [2.45, 2.75) is 38.5 Å². The summed E-state index contributed by atoms with van der Waals surface area (Å²) in [6.45, 7) is 6.84. The van der Waals surface area contributed by atoms with Crippen LogP contribution in [0.4, 0.5) is 5.69 Å². The fourth-order valence-corrected chi connectivity index (χ4v) is 4.13. The summed E-state index contributed by atoms with van der Waals surface area (Å²) in [4.78, 5) is 14.7. The normalized spacial score (nSPS) is 11.0. The molecule has 0 spiro atoms. The van der Waals surface area contributed by atoms with E-state index in [0.29, 0.717) is 5.75 Å². The van der Waals surface area contributed by atoms with Gasteiger partial charge in [0.1, 0.15) is 0 Å². The largest absolute Gasteiger partial charge is 0.309 e. The Labute approximate surface area is 178 Å². The molecular formula is C21H23BrN4OS. The molecule has 0 bridgehead atoms. The molecule has 1 aromatic heterocycles. The van der Waals surface area contributed by atoms with Gasteiger partial charge in [0, 0.05) is 28.3 Å². The molecule has 0 radical (unpaired) electrons. The molecule has 0 unspecified atom stereocenters. The van der Waals surface area contributed by atoms with Gasteiger partial charge in [-0.15, -0.1) is 10.2 Å². The molecule has 0 aliphatic heterocycles. The van der Waals surface area contributed by atoms with Crippen LogP contribution in [0.2, 0.25) is 0 Å². The lowest BCUT2D eigenvalue weighted by atomic mass is 10.2. The molecule has 2 aromatic carbocycles. The predicted octanol–water partition coefficient (Wildman–Crippen LogP) is 5.26. The van der Waals surface area contributed by atoms with E-state index in [1.807, 2.05) is 77.9 Å². The fraction of sp³-hybridized carbons (Fsp3) is 0.286. The summed E-state index contributed by atoms with van der Waals surface area (Å²) in [5.41, 5.74) is 1.92. The maximum Gasteiger partial charge on any atom is 0.237 e. The number of aromatic nitrogens is 3. The molecule has 0 aliphatic rings. The number of para-hydroxylation sites is 1. The van der Waals surface area contributed by atoms with Gasteiger partial charge in [0.2, 0.25) is 5.91 Å². The molecule has 146 valence electrons. The summed E-state index contributed by atoms with van der Waals surface area (Å²) in [5, 5.41) is 9.44. The fourth-order valence-electron chi connectivity index (χ4n) is 3.01. The first-order valence-corrected chi connectivity index (χ1v) is 11.0. The van der Waals surface area contributed by atoms with Crippen LogP contribution in [0.3, 0.4) is 0 Å². The first kappa shape index (κ1) is 20.6. The molecule has 28 heavy (non-hydrogen) atoms. The van der Waals surface area contributed by atoms with Crippen LogP contribution in [0, 0.1) is 0 Å². The van der Waals surface area contributed by atoms with Crippen molar-refractivity contribution in [3.63, 3.8) is 0 Å². The van der Waals surface area contributed by atoms with E-state index in [2.05, 4.69) is 33.1 Å². The topological polar surface area (TPSA) is 51.0 Å². The van der Waals surface area contributed by atoms with Crippen molar-refractivity contribution in [3.05, 3.63) is 59.1 Å². The molecule has 0 atom stereocenters. The van der Waals surface area contributed by atoms with Gasteiger partial charge in [-0.2, -0.15) is 0 Å². The van der Waals surface area contributed by atoms with E-state index in [0.717, 1.165) is 33.2 Å². The second-order valence-corrected chi connectivity index (χ2v) is 8.40. The Bertz CT molecular complexity index is 925. The number of rotatable bonds is 7. The Morgan fingerprint density at radius 1 is 1.11 bits per heavy atom. The number of benzene rings is 2. The maximum atomic E-state index is 12.9. The minimum absolute atomic E-state index is 0.0574. The van der Waals surface area contributed by atoms with Gasteiger partial charge in [0.25, 0.3) is 0 Å². The van der Waals surface area contributed by atoms with E-state index in [1.54, 1.807) is 0 Å². The number of amides is 1. The number of nitrogens with zero attached hydrogens (tertiary/aromatic N) is 4. The van der Waals surface area contributed by atoms with E-state index >= 15 is 0 Å². The van der Waals surface area contributed by atoms with Crippen LogP contribution >= 0.6 is 27.7 Å². The monoisotopic (exact) mass is 458 g/mol. The predicted molar refractivity (Wildman–Crippen MR) is 119 cm³/mol. The summed E-state index contributed by atoms with van der Waals surface area (Å²) < 4.78 is 3.07. The molecule has 0 N–H and O–H groups in total. The summed E-state index contributed by atoms with van der Waals surface area (Å²) in [6.07, 6.45) is 0. The lowest BCUT2D eigenvalue weighted by Gasteiger charge is -2.26. The number of hydrogen-bond acceptors (Lipinski definition) is 4. The van der Waals surface area contributed by atoms with Crippen LogP contribution in [0.1, 0.15) is 20.8 Å². The zero-order valence-corrected chi connectivity index (χ0v) is 18.6. The molecule has 7 heteroatoms. The molecule has 0 saturated carbocycles. The smallest absolute Gasteiger partial charge is 0.237 e. The first-order chi connectivity index (χ1) is 13.5. The number of anilines is 1. The number of halogens is 1. The van der Waals surface area contributed by atoms with E-state index in [1.165, 1.54) is 11.8 Å². The van der Waals surface area contributed by atoms with Gasteiger partial charge in [-0.3, -0.25) is 4.79 Å². The highest BCUT2D eigenvalue weighted by atomic mass is 79.9. The van der Waals surface area contributed by atoms with Crippen molar-refractivity contribution in [3.8, 4) is 11.4 Å². The highest BCUT2D eigenvalue weighted by Gasteiger charge is 2.21. The van der Waals surface area contributed by atoms with E-state index in [-0.39, 0.29) is 11.9 Å². The molecule has 0 saturated heterocycles.